The molecule has 22 heavy (non-hydrogen) atoms. The number of halogens is 1. The molecule has 1 heterocycles. The molecule has 1 aromatic carbocycles. The number of carboxylic acids is 1. The number of aromatic nitrogens is 1. The summed E-state index contributed by atoms with van der Waals surface area (Å²) in [6.45, 7) is 4.25. The monoisotopic (exact) mass is 305 g/mol. The largest absolute Gasteiger partial charge is 0.493 e. The van der Waals surface area contributed by atoms with Gasteiger partial charge in [0, 0.05) is 12.3 Å². The van der Waals surface area contributed by atoms with E-state index in [2.05, 4.69) is 4.98 Å². The van der Waals surface area contributed by atoms with E-state index in [0.717, 1.165) is 0 Å². The first-order chi connectivity index (χ1) is 10.6. The fraction of sp³-hybridized carbons (Fsp3) is 0.250. The molecule has 2 rings (SSSR count). The highest BCUT2D eigenvalue weighted by atomic mass is 19.1. The number of carboxylic acid groups (broad SMARTS) is 1. The van der Waals surface area contributed by atoms with Crippen molar-refractivity contribution in [1.29, 1.82) is 0 Å². The molecule has 116 valence electrons. The number of ether oxygens (including phenoxy) is 2. The van der Waals surface area contributed by atoms with E-state index in [9.17, 15) is 14.3 Å². The molecule has 0 fully saturated rings. The molecule has 1 aromatic heterocycles. The van der Waals surface area contributed by atoms with Gasteiger partial charge in [0.2, 0.25) is 5.95 Å². The Morgan fingerprint density at radius 2 is 1.77 bits per heavy atom. The van der Waals surface area contributed by atoms with Gasteiger partial charge in [-0.15, -0.1) is 0 Å². The topological polar surface area (TPSA) is 68.7 Å². The molecule has 0 spiro atoms. The Morgan fingerprint density at radius 3 is 2.23 bits per heavy atom. The summed E-state index contributed by atoms with van der Waals surface area (Å²) >= 11 is 0. The number of pyridine rings is 1. The fourth-order valence-corrected chi connectivity index (χ4v) is 2.09. The zero-order valence-corrected chi connectivity index (χ0v) is 12.3. The van der Waals surface area contributed by atoms with Crippen molar-refractivity contribution < 1.29 is 23.8 Å². The zero-order valence-electron chi connectivity index (χ0n) is 12.3. The van der Waals surface area contributed by atoms with Crippen LogP contribution < -0.4 is 9.47 Å². The first-order valence-electron chi connectivity index (χ1n) is 6.85. The molecule has 2 aromatic rings. The van der Waals surface area contributed by atoms with Gasteiger partial charge in [0.15, 0.2) is 0 Å². The van der Waals surface area contributed by atoms with E-state index in [1.807, 2.05) is 0 Å². The second-order valence-corrected chi connectivity index (χ2v) is 4.39. The normalized spacial score (nSPS) is 10.3. The third-order valence-corrected chi connectivity index (χ3v) is 2.93. The molecule has 0 aliphatic carbocycles. The maximum Gasteiger partial charge on any atom is 0.335 e. The quantitative estimate of drug-likeness (QED) is 0.829. The fourth-order valence-electron chi connectivity index (χ4n) is 2.09. The van der Waals surface area contributed by atoms with Crippen LogP contribution in [0.15, 0.2) is 30.5 Å². The van der Waals surface area contributed by atoms with Crippen LogP contribution in [-0.4, -0.2) is 29.3 Å². The summed E-state index contributed by atoms with van der Waals surface area (Å²) in [6, 6.07) is 5.68. The summed E-state index contributed by atoms with van der Waals surface area (Å²) in [4.78, 5) is 14.8. The van der Waals surface area contributed by atoms with Crippen LogP contribution in [0.3, 0.4) is 0 Å². The van der Waals surface area contributed by atoms with Crippen molar-refractivity contribution in [3.05, 3.63) is 42.0 Å². The van der Waals surface area contributed by atoms with E-state index in [-0.39, 0.29) is 5.56 Å². The molecule has 6 heteroatoms. The SMILES string of the molecule is CCOc1cc(C(=O)O)cc(OCC)c1-c1ccnc(F)c1. The molecule has 0 saturated heterocycles. The van der Waals surface area contributed by atoms with Crippen LogP contribution >= 0.6 is 0 Å². The molecule has 0 unspecified atom stereocenters. The van der Waals surface area contributed by atoms with Crippen molar-refractivity contribution in [3.8, 4) is 22.6 Å². The van der Waals surface area contributed by atoms with Gasteiger partial charge in [-0.25, -0.2) is 9.78 Å². The number of nitrogens with zero attached hydrogens (tertiary/aromatic N) is 1. The summed E-state index contributed by atoms with van der Waals surface area (Å²) in [5.41, 5.74) is 1.07. The molecule has 0 saturated carbocycles. The molecule has 0 amide bonds. The van der Waals surface area contributed by atoms with E-state index in [1.165, 1.54) is 24.4 Å². The summed E-state index contributed by atoms with van der Waals surface area (Å²) in [5.74, 6) is -1.06. The van der Waals surface area contributed by atoms with Crippen LogP contribution in [0, 0.1) is 5.95 Å². The molecule has 0 radical (unpaired) electrons. The molecule has 5 nitrogen and oxygen atoms in total. The Labute approximate surface area is 127 Å². The van der Waals surface area contributed by atoms with E-state index < -0.39 is 11.9 Å². The smallest absolute Gasteiger partial charge is 0.335 e. The Bertz CT molecular complexity index is 661. The van der Waals surface area contributed by atoms with Crippen molar-refractivity contribution in [1.82, 2.24) is 4.98 Å². The van der Waals surface area contributed by atoms with Crippen LogP contribution in [0.5, 0.6) is 11.5 Å². The Morgan fingerprint density at radius 1 is 1.18 bits per heavy atom. The zero-order chi connectivity index (χ0) is 16.1. The van der Waals surface area contributed by atoms with Crippen molar-refractivity contribution >= 4 is 5.97 Å². The van der Waals surface area contributed by atoms with Crippen molar-refractivity contribution in [2.75, 3.05) is 13.2 Å². The van der Waals surface area contributed by atoms with Gasteiger partial charge in [0.25, 0.3) is 0 Å². The van der Waals surface area contributed by atoms with Gasteiger partial charge < -0.3 is 14.6 Å². The maximum absolute atomic E-state index is 13.4. The molecular formula is C16H16FNO4. The average Bonchev–Trinajstić information content (AvgIpc) is 2.47. The van der Waals surface area contributed by atoms with Crippen LogP contribution in [0.25, 0.3) is 11.1 Å². The van der Waals surface area contributed by atoms with Crippen LogP contribution in [0.4, 0.5) is 4.39 Å². The minimum atomic E-state index is -1.09. The van der Waals surface area contributed by atoms with Crippen LogP contribution in [-0.2, 0) is 0 Å². The average molecular weight is 305 g/mol. The Kier molecular flexibility index (Phi) is 4.93. The number of rotatable bonds is 6. The first-order valence-corrected chi connectivity index (χ1v) is 6.85. The second-order valence-electron chi connectivity index (χ2n) is 4.39. The lowest BCUT2D eigenvalue weighted by Crippen LogP contribution is -2.04. The first kappa shape index (κ1) is 15.8. The third kappa shape index (κ3) is 3.33. The lowest BCUT2D eigenvalue weighted by Gasteiger charge is -2.16. The summed E-state index contributed by atoms with van der Waals surface area (Å²) in [7, 11) is 0. The van der Waals surface area contributed by atoms with Crippen molar-refractivity contribution in [3.63, 3.8) is 0 Å². The highest BCUT2D eigenvalue weighted by Crippen LogP contribution is 2.40. The Balaban J connectivity index is 2.69. The third-order valence-electron chi connectivity index (χ3n) is 2.93. The summed E-state index contributed by atoms with van der Waals surface area (Å²) < 4.78 is 24.5. The number of carbonyl (C=O) groups is 1. The number of hydrogen-bond acceptors (Lipinski definition) is 4. The number of benzene rings is 1. The summed E-state index contributed by atoms with van der Waals surface area (Å²) in [6.07, 6.45) is 1.33. The minimum Gasteiger partial charge on any atom is -0.493 e. The molecule has 0 aliphatic rings. The van der Waals surface area contributed by atoms with Gasteiger partial charge in [-0.05, 0) is 37.6 Å². The van der Waals surface area contributed by atoms with E-state index in [4.69, 9.17) is 9.47 Å². The number of hydrogen-bond donors (Lipinski definition) is 1. The molecule has 0 bridgehead atoms. The van der Waals surface area contributed by atoms with Crippen molar-refractivity contribution in [2.45, 2.75) is 13.8 Å². The van der Waals surface area contributed by atoms with Gasteiger partial charge in [-0.3, -0.25) is 0 Å². The standard InChI is InChI=1S/C16H16FNO4/c1-3-21-12-7-11(16(19)20)8-13(22-4-2)15(12)10-5-6-18-14(17)9-10/h5-9H,3-4H2,1-2H3,(H,19,20). The van der Waals surface area contributed by atoms with Gasteiger partial charge in [-0.1, -0.05) is 0 Å². The maximum atomic E-state index is 13.4. The minimum absolute atomic E-state index is 0.0465. The van der Waals surface area contributed by atoms with E-state index >= 15 is 0 Å². The predicted octanol–water partition coefficient (Wildman–Crippen LogP) is 3.38. The van der Waals surface area contributed by atoms with Gasteiger partial charge in [0.05, 0.1) is 24.3 Å². The Hall–Kier alpha value is -2.63. The summed E-state index contributed by atoms with van der Waals surface area (Å²) in [5, 5.41) is 9.19. The lowest BCUT2D eigenvalue weighted by molar-refractivity contribution is 0.0696. The van der Waals surface area contributed by atoms with E-state index in [1.54, 1.807) is 19.9 Å². The van der Waals surface area contributed by atoms with Crippen molar-refractivity contribution in [2.24, 2.45) is 0 Å². The number of aromatic carboxylic acids is 1. The highest BCUT2D eigenvalue weighted by molar-refractivity contribution is 5.91. The lowest BCUT2D eigenvalue weighted by atomic mass is 10.0. The van der Waals surface area contributed by atoms with Gasteiger partial charge in [0.1, 0.15) is 11.5 Å². The second kappa shape index (κ2) is 6.89. The molecular weight excluding hydrogens is 289 g/mol. The highest BCUT2D eigenvalue weighted by Gasteiger charge is 2.18. The van der Waals surface area contributed by atoms with E-state index in [0.29, 0.717) is 35.8 Å². The van der Waals surface area contributed by atoms with Crippen LogP contribution in [0.1, 0.15) is 24.2 Å². The molecule has 0 atom stereocenters. The molecule has 0 aliphatic heterocycles. The van der Waals surface area contributed by atoms with Gasteiger partial charge in [-0.2, -0.15) is 4.39 Å². The molecule has 1 N–H and O–H groups in total. The van der Waals surface area contributed by atoms with Gasteiger partial charge >= 0.3 is 5.97 Å². The van der Waals surface area contributed by atoms with Crippen LogP contribution in [0.2, 0.25) is 0 Å². The predicted molar refractivity (Wildman–Crippen MR) is 78.9 cm³/mol.